The molecule has 29 heavy (non-hydrogen) atoms. The Morgan fingerprint density at radius 3 is 2.72 bits per heavy atom. The maximum Gasteiger partial charge on any atom is 0.270 e. The van der Waals surface area contributed by atoms with Crippen molar-refractivity contribution >= 4 is 11.6 Å². The zero-order valence-electron chi connectivity index (χ0n) is 16.4. The monoisotopic (exact) mass is 395 g/mol. The number of nitrogens with zero attached hydrogens (tertiary/aromatic N) is 5. The van der Waals surface area contributed by atoms with Crippen molar-refractivity contribution < 1.29 is 9.90 Å². The van der Waals surface area contributed by atoms with Crippen LogP contribution in [0.3, 0.4) is 0 Å². The molecular formula is C19H21N7O3. The quantitative estimate of drug-likeness (QED) is 0.610. The number of aromatic hydroxyl groups is 1. The second-order valence-corrected chi connectivity index (χ2v) is 8.48. The molecule has 0 aromatic carbocycles. The van der Waals surface area contributed by atoms with Crippen LogP contribution in [-0.2, 0) is 6.54 Å². The Morgan fingerprint density at radius 2 is 2.14 bits per heavy atom. The van der Waals surface area contributed by atoms with Gasteiger partial charge in [0.25, 0.3) is 11.5 Å². The fourth-order valence-corrected chi connectivity index (χ4v) is 3.11. The van der Waals surface area contributed by atoms with Crippen molar-refractivity contribution in [2.75, 3.05) is 0 Å². The molecule has 10 heteroatoms. The number of amides is 1. The molecule has 3 aromatic rings. The van der Waals surface area contributed by atoms with Crippen molar-refractivity contribution in [1.82, 2.24) is 29.7 Å². The molecule has 0 saturated heterocycles. The smallest absolute Gasteiger partial charge is 0.270 e. The van der Waals surface area contributed by atoms with Gasteiger partial charge in [-0.15, -0.1) is 0 Å². The molecule has 1 amide bonds. The fourth-order valence-electron chi connectivity index (χ4n) is 3.11. The fraction of sp³-hybridized carbons (Fsp3) is 0.421. The SMILES string of the molecule is CC(C)(C)Cn1c(=O)c(C(=O)NC2CC2)c(O)n2nc(-c3cc(C#N)n[nH]3)cc12. The molecule has 1 saturated carbocycles. The normalized spacial score (nSPS) is 14.1. The van der Waals surface area contributed by atoms with E-state index in [4.69, 9.17) is 5.26 Å². The van der Waals surface area contributed by atoms with Crippen LogP contribution < -0.4 is 10.9 Å². The molecule has 4 rings (SSSR count). The van der Waals surface area contributed by atoms with Gasteiger partial charge in [-0.3, -0.25) is 19.3 Å². The van der Waals surface area contributed by atoms with E-state index in [2.05, 4.69) is 20.6 Å². The van der Waals surface area contributed by atoms with Crippen LogP contribution in [0.5, 0.6) is 5.88 Å². The van der Waals surface area contributed by atoms with E-state index in [-0.39, 0.29) is 22.7 Å². The third kappa shape index (κ3) is 3.47. The number of nitrogens with one attached hydrogen (secondary N) is 2. The average Bonchev–Trinajstić information content (AvgIpc) is 3.16. The number of hydrogen-bond acceptors (Lipinski definition) is 6. The molecule has 3 aromatic heterocycles. The van der Waals surface area contributed by atoms with Crippen LogP contribution in [0.25, 0.3) is 17.0 Å². The van der Waals surface area contributed by atoms with Crippen LogP contribution in [0.15, 0.2) is 16.9 Å². The first-order chi connectivity index (χ1) is 13.7. The number of rotatable bonds is 4. The molecule has 0 unspecified atom stereocenters. The number of fused-ring (bicyclic) bond motifs is 1. The Kier molecular flexibility index (Phi) is 4.19. The lowest BCUT2D eigenvalue weighted by Crippen LogP contribution is -2.37. The lowest BCUT2D eigenvalue weighted by Gasteiger charge is -2.21. The summed E-state index contributed by atoms with van der Waals surface area (Å²) in [6, 6.07) is 5.10. The van der Waals surface area contributed by atoms with Gasteiger partial charge in [0, 0.05) is 24.7 Å². The largest absolute Gasteiger partial charge is 0.492 e. The summed E-state index contributed by atoms with van der Waals surface area (Å²) in [7, 11) is 0. The summed E-state index contributed by atoms with van der Waals surface area (Å²) < 4.78 is 2.62. The Labute approximate surface area is 165 Å². The topological polar surface area (TPSA) is 141 Å². The van der Waals surface area contributed by atoms with Gasteiger partial charge < -0.3 is 10.4 Å². The lowest BCUT2D eigenvalue weighted by atomic mass is 9.97. The van der Waals surface area contributed by atoms with Crippen LogP contribution in [-0.4, -0.2) is 41.4 Å². The number of nitriles is 1. The van der Waals surface area contributed by atoms with E-state index >= 15 is 0 Å². The highest BCUT2D eigenvalue weighted by atomic mass is 16.3. The van der Waals surface area contributed by atoms with E-state index in [1.165, 1.54) is 15.1 Å². The molecule has 3 N–H and O–H groups in total. The Morgan fingerprint density at radius 1 is 1.41 bits per heavy atom. The van der Waals surface area contributed by atoms with Gasteiger partial charge in [-0.05, 0) is 18.3 Å². The average molecular weight is 395 g/mol. The summed E-state index contributed by atoms with van der Waals surface area (Å²) >= 11 is 0. The number of aromatic amines is 1. The van der Waals surface area contributed by atoms with Gasteiger partial charge in [-0.1, -0.05) is 20.8 Å². The zero-order valence-corrected chi connectivity index (χ0v) is 16.4. The number of aromatic nitrogens is 5. The molecule has 0 spiro atoms. The molecule has 0 radical (unpaired) electrons. The van der Waals surface area contributed by atoms with E-state index in [0.29, 0.717) is 23.6 Å². The second-order valence-electron chi connectivity index (χ2n) is 8.48. The van der Waals surface area contributed by atoms with Gasteiger partial charge in [0.2, 0.25) is 5.88 Å². The summed E-state index contributed by atoms with van der Waals surface area (Å²) in [5.41, 5.74) is 0.214. The van der Waals surface area contributed by atoms with Crippen molar-refractivity contribution in [3.05, 3.63) is 33.7 Å². The minimum atomic E-state index is -0.607. The Balaban J connectivity index is 1.93. The van der Waals surface area contributed by atoms with Gasteiger partial charge in [-0.2, -0.15) is 20.0 Å². The van der Waals surface area contributed by atoms with E-state index in [0.717, 1.165) is 12.8 Å². The Hall–Kier alpha value is -3.61. The molecule has 10 nitrogen and oxygen atoms in total. The zero-order chi connectivity index (χ0) is 20.9. The molecule has 3 heterocycles. The van der Waals surface area contributed by atoms with E-state index < -0.39 is 17.3 Å². The highest BCUT2D eigenvalue weighted by molar-refractivity contribution is 5.96. The molecule has 1 aliphatic carbocycles. The summed E-state index contributed by atoms with van der Waals surface area (Å²) in [6.07, 6.45) is 1.72. The molecule has 1 aliphatic rings. The predicted octanol–water partition coefficient (Wildman–Crippen LogP) is 1.40. The molecule has 0 atom stereocenters. The highest BCUT2D eigenvalue weighted by Gasteiger charge is 2.30. The van der Waals surface area contributed by atoms with Gasteiger partial charge in [0.05, 0.1) is 5.69 Å². The third-order valence-electron chi connectivity index (χ3n) is 4.59. The van der Waals surface area contributed by atoms with Crippen LogP contribution in [0, 0.1) is 16.7 Å². The first-order valence-corrected chi connectivity index (χ1v) is 9.30. The van der Waals surface area contributed by atoms with Crippen molar-refractivity contribution in [2.45, 2.75) is 46.2 Å². The van der Waals surface area contributed by atoms with Gasteiger partial charge in [0.1, 0.15) is 17.4 Å². The number of carbonyl (C=O) groups excluding carboxylic acids is 1. The standard InChI is InChI=1S/C19H21N7O3/c1-19(2,3)9-25-14-7-13(12-6-11(8-20)22-23-12)24-26(14)18(29)15(17(25)28)16(27)21-10-4-5-10/h6-7,10,29H,4-5,9H2,1-3H3,(H,21,27)(H,22,23). The molecule has 0 aliphatic heterocycles. The second kappa shape index (κ2) is 6.48. The lowest BCUT2D eigenvalue weighted by molar-refractivity contribution is 0.0944. The number of H-pyrrole nitrogens is 1. The summed E-state index contributed by atoms with van der Waals surface area (Å²) in [5.74, 6) is -1.12. The van der Waals surface area contributed by atoms with Gasteiger partial charge >= 0.3 is 0 Å². The Bertz CT molecular complexity index is 1220. The number of hydrogen-bond donors (Lipinski definition) is 3. The van der Waals surface area contributed by atoms with Crippen LogP contribution in [0.1, 0.15) is 49.7 Å². The molecule has 1 fully saturated rings. The van der Waals surface area contributed by atoms with Crippen LogP contribution in [0.2, 0.25) is 0 Å². The highest BCUT2D eigenvalue weighted by Crippen LogP contribution is 2.26. The third-order valence-corrected chi connectivity index (χ3v) is 4.59. The van der Waals surface area contributed by atoms with Crippen molar-refractivity contribution in [3.8, 4) is 23.3 Å². The van der Waals surface area contributed by atoms with Gasteiger partial charge in [0.15, 0.2) is 11.3 Å². The maximum absolute atomic E-state index is 13.2. The maximum atomic E-state index is 13.2. The summed E-state index contributed by atoms with van der Waals surface area (Å²) in [4.78, 5) is 25.8. The summed E-state index contributed by atoms with van der Waals surface area (Å²) in [5, 5.41) is 33.4. The van der Waals surface area contributed by atoms with E-state index in [1.807, 2.05) is 26.8 Å². The molecular weight excluding hydrogens is 374 g/mol. The van der Waals surface area contributed by atoms with Crippen molar-refractivity contribution in [2.24, 2.45) is 5.41 Å². The predicted molar refractivity (Wildman–Crippen MR) is 103 cm³/mol. The van der Waals surface area contributed by atoms with E-state index in [9.17, 15) is 14.7 Å². The first-order valence-electron chi connectivity index (χ1n) is 9.30. The minimum absolute atomic E-state index is 0.0376. The first kappa shape index (κ1) is 18.7. The molecule has 0 bridgehead atoms. The summed E-state index contributed by atoms with van der Waals surface area (Å²) in [6.45, 7) is 6.23. The van der Waals surface area contributed by atoms with Crippen molar-refractivity contribution in [1.29, 1.82) is 5.26 Å². The number of carbonyl (C=O) groups is 1. The van der Waals surface area contributed by atoms with Crippen LogP contribution >= 0.6 is 0 Å². The van der Waals surface area contributed by atoms with Gasteiger partial charge in [-0.25, -0.2) is 0 Å². The van der Waals surface area contributed by atoms with Crippen LogP contribution in [0.4, 0.5) is 0 Å². The minimum Gasteiger partial charge on any atom is -0.492 e. The van der Waals surface area contributed by atoms with Crippen molar-refractivity contribution in [3.63, 3.8) is 0 Å². The van der Waals surface area contributed by atoms with E-state index in [1.54, 1.807) is 6.07 Å². The molecule has 150 valence electrons.